The smallest absolute Gasteiger partial charge is 0.267 e. The van der Waals surface area contributed by atoms with Crippen molar-refractivity contribution in [3.05, 3.63) is 54.6 Å². The van der Waals surface area contributed by atoms with Crippen LogP contribution in [0.2, 0.25) is 0 Å². The van der Waals surface area contributed by atoms with Crippen LogP contribution < -0.4 is 5.43 Å². The molecular formula is C13H10Br2N2OS. The summed E-state index contributed by atoms with van der Waals surface area (Å²) in [6.45, 7) is 1.97. The van der Waals surface area contributed by atoms with E-state index in [-0.39, 0.29) is 5.91 Å². The van der Waals surface area contributed by atoms with Gasteiger partial charge in [-0.3, -0.25) is 4.79 Å². The number of aryl methyl sites for hydroxylation is 1. The van der Waals surface area contributed by atoms with Gasteiger partial charge in [0, 0.05) is 14.9 Å². The summed E-state index contributed by atoms with van der Waals surface area (Å²) >= 11 is 8.32. The second kappa shape index (κ2) is 6.45. The monoisotopic (exact) mass is 400 g/mol. The predicted octanol–water partition coefficient (Wildman–Crippen LogP) is 4.35. The lowest BCUT2D eigenvalue weighted by Crippen LogP contribution is -2.17. The third-order valence-electron chi connectivity index (χ3n) is 2.39. The third kappa shape index (κ3) is 3.99. The van der Waals surface area contributed by atoms with Crippen LogP contribution in [-0.4, -0.2) is 12.1 Å². The van der Waals surface area contributed by atoms with Crippen LogP contribution in [0.5, 0.6) is 0 Å². The van der Waals surface area contributed by atoms with Gasteiger partial charge in [-0.15, -0.1) is 11.3 Å². The molecule has 1 N–H and O–H groups in total. The number of rotatable bonds is 3. The molecule has 1 aromatic carbocycles. The summed E-state index contributed by atoms with van der Waals surface area (Å²) in [5.41, 5.74) is 4.16. The molecule has 6 heteroatoms. The van der Waals surface area contributed by atoms with Crippen molar-refractivity contribution in [2.45, 2.75) is 6.92 Å². The van der Waals surface area contributed by atoms with E-state index in [1.54, 1.807) is 29.7 Å². The number of thiophene rings is 1. The summed E-state index contributed by atoms with van der Waals surface area (Å²) in [7, 11) is 0. The van der Waals surface area contributed by atoms with E-state index in [1.807, 2.05) is 25.1 Å². The van der Waals surface area contributed by atoms with Gasteiger partial charge in [0.25, 0.3) is 5.91 Å². The largest absolute Gasteiger partial charge is 0.271 e. The number of carbonyl (C=O) groups excluding carboxylic acids is 1. The highest BCUT2D eigenvalue weighted by atomic mass is 79.9. The zero-order valence-corrected chi connectivity index (χ0v) is 14.0. The standard InChI is InChI=1S/C13H10Br2N2OS/c1-8-2-3-9(6-11(8)14)13(18)17-16-7-10-4-5-12(15)19-10/h2-7H,1H3,(H,17,18). The van der Waals surface area contributed by atoms with Crippen LogP contribution in [0.3, 0.4) is 0 Å². The summed E-state index contributed by atoms with van der Waals surface area (Å²) in [6, 6.07) is 9.30. The molecule has 2 rings (SSSR count). The Morgan fingerprint density at radius 3 is 2.74 bits per heavy atom. The van der Waals surface area contributed by atoms with Gasteiger partial charge in [-0.1, -0.05) is 22.0 Å². The molecule has 1 amide bonds. The fraction of sp³-hybridized carbons (Fsp3) is 0.0769. The summed E-state index contributed by atoms with van der Waals surface area (Å²) in [5, 5.41) is 3.93. The molecule has 19 heavy (non-hydrogen) atoms. The zero-order chi connectivity index (χ0) is 13.8. The average molecular weight is 402 g/mol. The van der Waals surface area contributed by atoms with E-state index in [0.29, 0.717) is 5.56 Å². The van der Waals surface area contributed by atoms with E-state index in [4.69, 9.17) is 0 Å². The van der Waals surface area contributed by atoms with Crippen LogP contribution in [0.1, 0.15) is 20.8 Å². The fourth-order valence-electron chi connectivity index (χ4n) is 1.35. The van der Waals surface area contributed by atoms with Crippen LogP contribution in [0.15, 0.2) is 43.7 Å². The maximum Gasteiger partial charge on any atom is 0.271 e. The Balaban J connectivity index is 2.01. The molecule has 3 nitrogen and oxygen atoms in total. The quantitative estimate of drug-likeness (QED) is 0.602. The van der Waals surface area contributed by atoms with E-state index in [1.165, 1.54) is 0 Å². The highest BCUT2D eigenvalue weighted by Crippen LogP contribution is 2.20. The van der Waals surface area contributed by atoms with Crippen LogP contribution in [-0.2, 0) is 0 Å². The predicted molar refractivity (Wildman–Crippen MR) is 86.0 cm³/mol. The maximum absolute atomic E-state index is 11.9. The molecule has 0 aliphatic rings. The number of hydrazone groups is 1. The maximum atomic E-state index is 11.9. The number of halogens is 2. The summed E-state index contributed by atoms with van der Waals surface area (Å²) in [4.78, 5) is 12.8. The van der Waals surface area contributed by atoms with Crippen molar-refractivity contribution in [1.82, 2.24) is 5.43 Å². The second-order valence-electron chi connectivity index (χ2n) is 3.80. The molecule has 1 aromatic heterocycles. The Hall–Kier alpha value is -0.980. The molecule has 0 aliphatic carbocycles. The first-order valence-electron chi connectivity index (χ1n) is 5.41. The Kier molecular flexibility index (Phi) is 4.90. The minimum absolute atomic E-state index is 0.229. The number of benzene rings is 1. The molecular weight excluding hydrogens is 392 g/mol. The number of hydrogen-bond donors (Lipinski definition) is 1. The first kappa shape index (κ1) is 14.4. The van der Waals surface area contributed by atoms with Gasteiger partial charge in [-0.25, -0.2) is 5.43 Å². The number of nitrogens with one attached hydrogen (secondary N) is 1. The molecule has 0 unspecified atom stereocenters. The van der Waals surface area contributed by atoms with Crippen molar-refractivity contribution in [2.75, 3.05) is 0 Å². The molecule has 2 aromatic rings. The van der Waals surface area contributed by atoms with Crippen molar-refractivity contribution in [2.24, 2.45) is 5.10 Å². The zero-order valence-electron chi connectivity index (χ0n) is 9.98. The van der Waals surface area contributed by atoms with E-state index < -0.39 is 0 Å². The van der Waals surface area contributed by atoms with E-state index in [2.05, 4.69) is 42.4 Å². The Morgan fingerprint density at radius 2 is 2.11 bits per heavy atom. The van der Waals surface area contributed by atoms with Gasteiger partial charge in [0.05, 0.1) is 10.0 Å². The van der Waals surface area contributed by atoms with Gasteiger partial charge in [-0.2, -0.15) is 5.10 Å². The summed E-state index contributed by atoms with van der Waals surface area (Å²) < 4.78 is 1.94. The molecule has 0 saturated heterocycles. The minimum Gasteiger partial charge on any atom is -0.267 e. The fourth-order valence-corrected chi connectivity index (χ4v) is 3.03. The highest BCUT2D eigenvalue weighted by Gasteiger charge is 2.05. The molecule has 0 atom stereocenters. The Labute approximate surface area is 132 Å². The Morgan fingerprint density at radius 1 is 1.32 bits per heavy atom. The van der Waals surface area contributed by atoms with Gasteiger partial charge in [0.15, 0.2) is 0 Å². The number of hydrogen-bond acceptors (Lipinski definition) is 3. The van der Waals surface area contributed by atoms with Crippen LogP contribution in [0.25, 0.3) is 0 Å². The topological polar surface area (TPSA) is 41.5 Å². The third-order valence-corrected chi connectivity index (χ3v) is 4.80. The van der Waals surface area contributed by atoms with Gasteiger partial charge in [0.2, 0.25) is 0 Å². The lowest BCUT2D eigenvalue weighted by atomic mass is 10.1. The molecule has 98 valence electrons. The summed E-state index contributed by atoms with van der Waals surface area (Å²) in [5.74, 6) is -0.229. The van der Waals surface area contributed by atoms with Gasteiger partial charge < -0.3 is 0 Å². The van der Waals surface area contributed by atoms with E-state index >= 15 is 0 Å². The number of amides is 1. The highest BCUT2D eigenvalue weighted by molar-refractivity contribution is 9.11. The SMILES string of the molecule is Cc1ccc(C(=O)NN=Cc2ccc(Br)s2)cc1Br. The van der Waals surface area contributed by atoms with Gasteiger partial charge >= 0.3 is 0 Å². The second-order valence-corrected chi connectivity index (χ2v) is 7.15. The first-order valence-corrected chi connectivity index (χ1v) is 7.81. The van der Waals surface area contributed by atoms with Crippen LogP contribution in [0.4, 0.5) is 0 Å². The molecule has 0 aliphatic heterocycles. The molecule has 0 saturated carbocycles. The van der Waals surface area contributed by atoms with Crippen molar-refractivity contribution >= 4 is 55.3 Å². The lowest BCUT2D eigenvalue weighted by molar-refractivity contribution is 0.0955. The average Bonchev–Trinajstić information content (AvgIpc) is 2.78. The minimum atomic E-state index is -0.229. The lowest BCUT2D eigenvalue weighted by Gasteiger charge is -2.02. The van der Waals surface area contributed by atoms with Crippen LogP contribution in [0, 0.1) is 6.92 Å². The van der Waals surface area contributed by atoms with Crippen molar-refractivity contribution in [3.8, 4) is 0 Å². The molecule has 0 bridgehead atoms. The van der Waals surface area contributed by atoms with E-state index in [9.17, 15) is 4.79 Å². The van der Waals surface area contributed by atoms with Crippen molar-refractivity contribution in [3.63, 3.8) is 0 Å². The Bertz CT molecular complexity index is 637. The van der Waals surface area contributed by atoms with Crippen molar-refractivity contribution < 1.29 is 4.79 Å². The first-order chi connectivity index (χ1) is 9.06. The molecule has 0 spiro atoms. The summed E-state index contributed by atoms with van der Waals surface area (Å²) in [6.07, 6.45) is 1.62. The van der Waals surface area contributed by atoms with Crippen molar-refractivity contribution in [1.29, 1.82) is 0 Å². The van der Waals surface area contributed by atoms with E-state index in [0.717, 1.165) is 18.7 Å². The number of nitrogens with zero attached hydrogens (tertiary/aromatic N) is 1. The molecule has 1 heterocycles. The van der Waals surface area contributed by atoms with Gasteiger partial charge in [-0.05, 0) is 52.7 Å². The van der Waals surface area contributed by atoms with Gasteiger partial charge in [0.1, 0.15) is 0 Å². The van der Waals surface area contributed by atoms with Crippen LogP contribution >= 0.6 is 43.2 Å². The number of carbonyl (C=O) groups is 1. The normalized spacial score (nSPS) is 10.9. The molecule has 0 radical (unpaired) electrons. The molecule has 0 fully saturated rings.